The first kappa shape index (κ1) is 15.3. The molecule has 1 N–H and O–H groups in total. The van der Waals surface area contributed by atoms with Crippen LogP contribution in [0, 0.1) is 11.3 Å². The fourth-order valence-electron chi connectivity index (χ4n) is 4.06. The Balaban J connectivity index is 1.99. The van der Waals surface area contributed by atoms with E-state index in [-0.39, 0.29) is 17.7 Å². The molecule has 1 aliphatic carbocycles. The minimum absolute atomic E-state index is 0.150. The highest BCUT2D eigenvalue weighted by atomic mass is 16.4. The number of likely N-dealkylation sites (tertiary alicyclic amines) is 1. The zero-order valence-electron chi connectivity index (χ0n) is 12.7. The molecule has 0 aromatic heterocycles. The summed E-state index contributed by atoms with van der Waals surface area (Å²) in [6, 6.07) is 0.300. The third kappa shape index (κ3) is 3.53. The zero-order valence-corrected chi connectivity index (χ0v) is 12.7. The summed E-state index contributed by atoms with van der Waals surface area (Å²) in [4.78, 5) is 25.7. The Labute approximate surface area is 121 Å². The van der Waals surface area contributed by atoms with E-state index in [1.807, 2.05) is 4.90 Å². The van der Waals surface area contributed by atoms with Crippen molar-refractivity contribution in [2.45, 2.75) is 71.3 Å². The standard InChI is InChI=1S/C16H27NO3/c1-12-5-8-17(13(2)9-12)14(18)10-16(11-15(19)20)6-3-4-7-16/h12-13H,3-11H2,1-2H3,(H,19,20). The van der Waals surface area contributed by atoms with Crippen molar-refractivity contribution in [2.75, 3.05) is 6.54 Å². The van der Waals surface area contributed by atoms with Gasteiger partial charge in [-0.25, -0.2) is 0 Å². The van der Waals surface area contributed by atoms with Gasteiger partial charge >= 0.3 is 5.97 Å². The summed E-state index contributed by atoms with van der Waals surface area (Å²) in [7, 11) is 0. The summed E-state index contributed by atoms with van der Waals surface area (Å²) in [5, 5.41) is 9.12. The van der Waals surface area contributed by atoms with E-state index in [4.69, 9.17) is 5.11 Å². The second-order valence-electron chi connectivity index (χ2n) is 7.02. The van der Waals surface area contributed by atoms with Crippen LogP contribution in [0.3, 0.4) is 0 Å². The van der Waals surface area contributed by atoms with E-state index in [1.165, 1.54) is 0 Å². The molecule has 0 aromatic rings. The first-order valence-electron chi connectivity index (χ1n) is 7.93. The van der Waals surface area contributed by atoms with Gasteiger partial charge in [-0.2, -0.15) is 0 Å². The van der Waals surface area contributed by atoms with Crippen molar-refractivity contribution < 1.29 is 14.7 Å². The van der Waals surface area contributed by atoms with Gasteiger partial charge in [0.15, 0.2) is 0 Å². The first-order valence-corrected chi connectivity index (χ1v) is 7.93. The van der Waals surface area contributed by atoms with Gasteiger partial charge in [0.25, 0.3) is 0 Å². The van der Waals surface area contributed by atoms with Crippen molar-refractivity contribution in [3.8, 4) is 0 Å². The Kier molecular flexibility index (Phi) is 4.71. The largest absolute Gasteiger partial charge is 0.481 e. The van der Waals surface area contributed by atoms with Crippen LogP contribution >= 0.6 is 0 Å². The van der Waals surface area contributed by atoms with E-state index >= 15 is 0 Å². The molecule has 0 bridgehead atoms. The van der Waals surface area contributed by atoms with Crippen molar-refractivity contribution >= 4 is 11.9 Å². The maximum atomic E-state index is 12.6. The van der Waals surface area contributed by atoms with Crippen molar-refractivity contribution in [1.29, 1.82) is 0 Å². The highest BCUT2D eigenvalue weighted by Crippen LogP contribution is 2.44. The molecule has 4 nitrogen and oxygen atoms in total. The van der Waals surface area contributed by atoms with Crippen LogP contribution in [0.4, 0.5) is 0 Å². The molecule has 2 rings (SSSR count). The lowest BCUT2D eigenvalue weighted by Gasteiger charge is -2.39. The molecule has 114 valence electrons. The van der Waals surface area contributed by atoms with Crippen LogP contribution in [0.25, 0.3) is 0 Å². The van der Waals surface area contributed by atoms with Gasteiger partial charge < -0.3 is 10.0 Å². The number of hydrogen-bond donors (Lipinski definition) is 1. The Hall–Kier alpha value is -1.06. The number of rotatable bonds is 4. The molecule has 1 aliphatic heterocycles. The number of carboxylic acids is 1. The van der Waals surface area contributed by atoms with Gasteiger partial charge in [0.05, 0.1) is 6.42 Å². The van der Waals surface area contributed by atoms with Gasteiger partial charge in [0.1, 0.15) is 0 Å². The Morgan fingerprint density at radius 2 is 1.85 bits per heavy atom. The smallest absolute Gasteiger partial charge is 0.303 e. The normalized spacial score (nSPS) is 29.4. The van der Waals surface area contributed by atoms with E-state index in [1.54, 1.807) is 0 Å². The lowest BCUT2D eigenvalue weighted by atomic mass is 9.78. The van der Waals surface area contributed by atoms with E-state index in [2.05, 4.69) is 13.8 Å². The lowest BCUT2D eigenvalue weighted by molar-refractivity contribution is -0.142. The van der Waals surface area contributed by atoms with Crippen molar-refractivity contribution in [1.82, 2.24) is 4.90 Å². The summed E-state index contributed by atoms with van der Waals surface area (Å²) in [5.41, 5.74) is -0.272. The molecular formula is C16H27NO3. The second-order valence-corrected chi connectivity index (χ2v) is 7.02. The number of piperidine rings is 1. The Morgan fingerprint density at radius 1 is 1.20 bits per heavy atom. The number of hydrogen-bond acceptors (Lipinski definition) is 2. The van der Waals surface area contributed by atoms with Gasteiger partial charge in [-0.15, -0.1) is 0 Å². The van der Waals surface area contributed by atoms with Gasteiger partial charge in [0.2, 0.25) is 5.91 Å². The number of carbonyl (C=O) groups excluding carboxylic acids is 1. The molecule has 1 amide bonds. The predicted octanol–water partition coefficient (Wildman–Crippen LogP) is 3.06. The summed E-state index contributed by atoms with van der Waals surface area (Å²) >= 11 is 0. The topological polar surface area (TPSA) is 57.6 Å². The molecule has 0 spiro atoms. The maximum absolute atomic E-state index is 12.6. The molecule has 4 heteroatoms. The van der Waals surface area contributed by atoms with Gasteiger partial charge in [-0.1, -0.05) is 19.8 Å². The molecule has 20 heavy (non-hydrogen) atoms. The predicted molar refractivity (Wildman–Crippen MR) is 77.3 cm³/mol. The third-order valence-corrected chi connectivity index (χ3v) is 5.18. The SMILES string of the molecule is CC1CCN(C(=O)CC2(CC(=O)O)CCCC2)C(C)C1. The van der Waals surface area contributed by atoms with Crippen molar-refractivity contribution in [3.05, 3.63) is 0 Å². The molecule has 0 radical (unpaired) electrons. The highest BCUT2D eigenvalue weighted by Gasteiger charge is 2.40. The van der Waals surface area contributed by atoms with E-state index in [9.17, 15) is 9.59 Å². The summed E-state index contributed by atoms with van der Waals surface area (Å²) in [6.45, 7) is 5.19. The minimum atomic E-state index is -0.764. The molecule has 2 atom stereocenters. The first-order chi connectivity index (χ1) is 9.42. The zero-order chi connectivity index (χ0) is 14.8. The van der Waals surface area contributed by atoms with Crippen LogP contribution in [0.15, 0.2) is 0 Å². The molecule has 2 unspecified atom stereocenters. The molecule has 0 aromatic carbocycles. The van der Waals surface area contributed by atoms with Crippen LogP contribution < -0.4 is 0 Å². The number of carbonyl (C=O) groups is 2. The Morgan fingerprint density at radius 3 is 2.40 bits per heavy atom. The highest BCUT2D eigenvalue weighted by molar-refractivity contribution is 5.78. The van der Waals surface area contributed by atoms with Gasteiger partial charge in [0, 0.05) is 19.0 Å². The van der Waals surface area contributed by atoms with Gasteiger partial charge in [-0.05, 0) is 43.9 Å². The molecule has 2 fully saturated rings. The van der Waals surface area contributed by atoms with Crippen molar-refractivity contribution in [3.63, 3.8) is 0 Å². The second kappa shape index (κ2) is 6.15. The molecular weight excluding hydrogens is 254 g/mol. The average molecular weight is 281 g/mol. The van der Waals surface area contributed by atoms with Crippen molar-refractivity contribution in [2.24, 2.45) is 11.3 Å². The molecule has 1 saturated carbocycles. The fourth-order valence-corrected chi connectivity index (χ4v) is 4.06. The summed E-state index contributed by atoms with van der Waals surface area (Å²) in [5.74, 6) is 0.0982. The number of aliphatic carboxylic acids is 1. The number of amides is 1. The van der Waals surface area contributed by atoms with E-state index in [0.29, 0.717) is 18.4 Å². The third-order valence-electron chi connectivity index (χ3n) is 5.18. The minimum Gasteiger partial charge on any atom is -0.481 e. The lowest BCUT2D eigenvalue weighted by Crippen LogP contribution is -2.45. The maximum Gasteiger partial charge on any atom is 0.303 e. The number of carboxylic acid groups (broad SMARTS) is 1. The van der Waals surface area contributed by atoms with E-state index < -0.39 is 5.97 Å². The molecule has 1 saturated heterocycles. The Bertz CT molecular complexity index is 374. The average Bonchev–Trinajstić information content (AvgIpc) is 2.75. The quantitative estimate of drug-likeness (QED) is 0.861. The van der Waals surface area contributed by atoms with Crippen LogP contribution in [0.5, 0.6) is 0 Å². The van der Waals surface area contributed by atoms with Gasteiger partial charge in [-0.3, -0.25) is 9.59 Å². The van der Waals surface area contributed by atoms with Crippen LogP contribution in [0.2, 0.25) is 0 Å². The van der Waals surface area contributed by atoms with Crippen LogP contribution in [-0.2, 0) is 9.59 Å². The molecule has 2 aliphatic rings. The monoisotopic (exact) mass is 281 g/mol. The van der Waals surface area contributed by atoms with Crippen LogP contribution in [-0.4, -0.2) is 34.5 Å². The summed E-state index contributed by atoms with van der Waals surface area (Å²) in [6.07, 6.45) is 6.63. The fraction of sp³-hybridized carbons (Fsp3) is 0.875. The van der Waals surface area contributed by atoms with Crippen LogP contribution in [0.1, 0.15) is 65.2 Å². The number of nitrogens with zero attached hydrogens (tertiary/aromatic N) is 1. The summed E-state index contributed by atoms with van der Waals surface area (Å²) < 4.78 is 0. The van der Waals surface area contributed by atoms with E-state index in [0.717, 1.165) is 45.1 Å². The molecule has 1 heterocycles.